The summed E-state index contributed by atoms with van der Waals surface area (Å²) < 4.78 is 21.8. The van der Waals surface area contributed by atoms with Crippen LogP contribution in [0.5, 0.6) is 0 Å². The smallest absolute Gasteiger partial charge is 0.404 e. The molecule has 0 fully saturated rings. The summed E-state index contributed by atoms with van der Waals surface area (Å²) in [5.74, 6) is -0.795. The fraction of sp³-hybridized carbons (Fsp3) is 0.105. The van der Waals surface area contributed by atoms with Gasteiger partial charge in [-0.1, -0.05) is 17.7 Å². The van der Waals surface area contributed by atoms with E-state index in [0.717, 1.165) is 0 Å². The van der Waals surface area contributed by atoms with Crippen LogP contribution in [-0.2, 0) is 13.1 Å². The Kier molecular flexibility index (Phi) is 6.06. The lowest BCUT2D eigenvalue weighted by atomic mass is 10.2. The number of rotatable bonds is 7. The van der Waals surface area contributed by atoms with Crippen LogP contribution in [0.2, 0.25) is 5.02 Å². The normalized spacial score (nSPS) is 11.0. The SMILES string of the molecule is O=C(Nc1cnn(Cc2ccc(F)cc2Cl)c1)c1ccc(Cn2cc(Br)c([N+](=O)[O-])n2)o1. The van der Waals surface area contributed by atoms with Crippen molar-refractivity contribution < 1.29 is 18.5 Å². The van der Waals surface area contributed by atoms with Crippen LogP contribution in [-0.4, -0.2) is 30.4 Å². The molecule has 0 radical (unpaired) electrons. The van der Waals surface area contributed by atoms with Crippen LogP contribution in [0.4, 0.5) is 15.9 Å². The number of hydrogen-bond acceptors (Lipinski definition) is 6. The molecule has 4 aromatic rings. The van der Waals surface area contributed by atoms with Gasteiger partial charge in [-0.25, -0.2) is 4.39 Å². The number of aromatic nitrogens is 4. The van der Waals surface area contributed by atoms with E-state index in [0.29, 0.717) is 23.6 Å². The minimum absolute atomic E-state index is 0.0510. The summed E-state index contributed by atoms with van der Waals surface area (Å²) in [4.78, 5) is 22.7. The summed E-state index contributed by atoms with van der Waals surface area (Å²) in [6.45, 7) is 0.404. The van der Waals surface area contributed by atoms with Crippen LogP contribution in [0.15, 0.2) is 57.8 Å². The van der Waals surface area contributed by atoms with Crippen molar-refractivity contribution in [2.45, 2.75) is 13.1 Å². The minimum atomic E-state index is -0.605. The molecular weight excluding hydrogens is 511 g/mol. The van der Waals surface area contributed by atoms with E-state index >= 15 is 0 Å². The third-order valence-corrected chi connectivity index (χ3v) is 5.23. The molecule has 4 rings (SSSR count). The highest BCUT2D eigenvalue weighted by molar-refractivity contribution is 9.10. The van der Waals surface area contributed by atoms with Gasteiger partial charge in [-0.3, -0.25) is 9.48 Å². The molecule has 0 atom stereocenters. The molecule has 0 unspecified atom stereocenters. The summed E-state index contributed by atoms with van der Waals surface area (Å²) >= 11 is 9.11. The number of anilines is 1. The van der Waals surface area contributed by atoms with E-state index in [1.54, 1.807) is 23.0 Å². The van der Waals surface area contributed by atoms with Crippen LogP contribution >= 0.6 is 27.5 Å². The summed E-state index contributed by atoms with van der Waals surface area (Å²) in [6, 6.07) is 7.16. The second kappa shape index (κ2) is 8.93. The molecule has 3 heterocycles. The highest BCUT2D eigenvalue weighted by Gasteiger charge is 2.20. The average Bonchev–Trinajstić information content (AvgIpc) is 3.45. The number of nitro groups is 1. The molecule has 1 amide bonds. The number of carbonyl (C=O) groups excluding carboxylic acids is 1. The molecule has 0 saturated carbocycles. The molecule has 164 valence electrons. The summed E-state index contributed by atoms with van der Waals surface area (Å²) in [7, 11) is 0. The van der Waals surface area contributed by atoms with Crippen LogP contribution in [0, 0.1) is 15.9 Å². The number of furan rings is 1. The van der Waals surface area contributed by atoms with E-state index in [4.69, 9.17) is 16.0 Å². The van der Waals surface area contributed by atoms with Crippen molar-refractivity contribution in [1.29, 1.82) is 0 Å². The standard InChI is InChI=1S/C19H13BrClFN6O4/c20-15-10-27(25-18(15)28(30)31)9-14-3-4-17(32-14)19(29)24-13-6-23-26(8-13)7-11-1-2-12(22)5-16(11)21/h1-6,8,10H,7,9H2,(H,24,29). The molecule has 0 saturated heterocycles. The summed E-state index contributed by atoms with van der Waals surface area (Å²) in [5.41, 5.74) is 1.10. The molecule has 0 aliphatic heterocycles. The van der Waals surface area contributed by atoms with Crippen LogP contribution < -0.4 is 5.32 Å². The molecule has 3 aromatic heterocycles. The van der Waals surface area contributed by atoms with Gasteiger partial charge in [0.05, 0.1) is 29.7 Å². The Hall–Kier alpha value is -3.51. The number of hydrogen-bond donors (Lipinski definition) is 1. The first-order chi connectivity index (χ1) is 15.3. The Morgan fingerprint density at radius 3 is 2.78 bits per heavy atom. The van der Waals surface area contributed by atoms with Crippen molar-refractivity contribution in [3.63, 3.8) is 0 Å². The van der Waals surface area contributed by atoms with E-state index in [2.05, 4.69) is 31.4 Å². The maximum atomic E-state index is 13.2. The molecule has 1 N–H and O–H groups in total. The summed E-state index contributed by atoms with van der Waals surface area (Å²) in [6.07, 6.45) is 4.50. The quantitative estimate of drug-likeness (QED) is 0.281. The van der Waals surface area contributed by atoms with Gasteiger partial charge >= 0.3 is 5.82 Å². The van der Waals surface area contributed by atoms with E-state index < -0.39 is 16.6 Å². The monoisotopic (exact) mass is 522 g/mol. The van der Waals surface area contributed by atoms with Crippen molar-refractivity contribution in [2.24, 2.45) is 0 Å². The number of amides is 1. The Morgan fingerprint density at radius 1 is 1.25 bits per heavy atom. The minimum Gasteiger partial charge on any atom is -0.454 e. The third kappa shape index (κ3) is 4.86. The second-order valence-corrected chi connectivity index (χ2v) is 7.90. The molecule has 1 aromatic carbocycles. The van der Waals surface area contributed by atoms with Gasteiger partial charge in [-0.05, 0) is 50.7 Å². The molecular formula is C19H13BrClFN6O4. The highest BCUT2D eigenvalue weighted by Crippen LogP contribution is 2.23. The zero-order valence-electron chi connectivity index (χ0n) is 16.0. The zero-order chi connectivity index (χ0) is 22.8. The number of halogens is 3. The van der Waals surface area contributed by atoms with Crippen molar-refractivity contribution in [1.82, 2.24) is 19.6 Å². The van der Waals surface area contributed by atoms with Gasteiger partial charge in [0.15, 0.2) is 5.76 Å². The van der Waals surface area contributed by atoms with Crippen molar-refractivity contribution in [3.05, 3.63) is 91.4 Å². The van der Waals surface area contributed by atoms with Gasteiger partial charge in [-0.2, -0.15) is 9.78 Å². The Morgan fingerprint density at radius 2 is 2.06 bits per heavy atom. The maximum absolute atomic E-state index is 13.2. The highest BCUT2D eigenvalue weighted by atomic mass is 79.9. The first-order valence-corrected chi connectivity index (χ1v) is 10.2. The predicted octanol–water partition coefficient (Wildman–Crippen LogP) is 4.48. The van der Waals surface area contributed by atoms with Gasteiger partial charge in [-0.15, -0.1) is 0 Å². The van der Waals surface area contributed by atoms with E-state index in [9.17, 15) is 19.3 Å². The molecule has 0 bridgehead atoms. The largest absolute Gasteiger partial charge is 0.454 e. The molecule has 0 aliphatic rings. The fourth-order valence-electron chi connectivity index (χ4n) is 2.87. The van der Waals surface area contributed by atoms with Gasteiger partial charge < -0.3 is 19.8 Å². The lowest BCUT2D eigenvalue weighted by Gasteiger charge is -2.04. The van der Waals surface area contributed by atoms with Gasteiger partial charge in [0.2, 0.25) is 0 Å². The lowest BCUT2D eigenvalue weighted by molar-refractivity contribution is -0.390. The Labute approximate surface area is 192 Å². The predicted molar refractivity (Wildman–Crippen MR) is 115 cm³/mol. The number of nitrogens with zero attached hydrogens (tertiary/aromatic N) is 5. The first kappa shape index (κ1) is 21.7. The maximum Gasteiger partial charge on any atom is 0.404 e. The van der Waals surface area contributed by atoms with E-state index in [1.165, 1.54) is 35.3 Å². The van der Waals surface area contributed by atoms with Gasteiger partial charge in [0.1, 0.15) is 22.6 Å². The Balaban J connectivity index is 1.39. The van der Waals surface area contributed by atoms with Crippen LogP contribution in [0.1, 0.15) is 21.9 Å². The van der Waals surface area contributed by atoms with Gasteiger partial charge in [0, 0.05) is 11.2 Å². The molecule has 0 spiro atoms. The third-order valence-electron chi connectivity index (χ3n) is 4.31. The Bertz CT molecular complexity index is 1320. The molecule has 0 aliphatic carbocycles. The van der Waals surface area contributed by atoms with Crippen molar-refractivity contribution >= 4 is 44.9 Å². The zero-order valence-corrected chi connectivity index (χ0v) is 18.4. The first-order valence-electron chi connectivity index (χ1n) is 9.02. The molecule has 10 nitrogen and oxygen atoms in total. The van der Waals surface area contributed by atoms with E-state index in [1.807, 2.05) is 0 Å². The fourth-order valence-corrected chi connectivity index (χ4v) is 3.56. The van der Waals surface area contributed by atoms with Gasteiger partial charge in [0.25, 0.3) is 5.91 Å². The van der Waals surface area contributed by atoms with Crippen molar-refractivity contribution in [3.8, 4) is 0 Å². The van der Waals surface area contributed by atoms with E-state index in [-0.39, 0.29) is 27.6 Å². The van der Waals surface area contributed by atoms with Crippen molar-refractivity contribution in [2.75, 3.05) is 5.32 Å². The number of benzene rings is 1. The van der Waals surface area contributed by atoms with Crippen LogP contribution in [0.25, 0.3) is 0 Å². The van der Waals surface area contributed by atoms with Crippen LogP contribution in [0.3, 0.4) is 0 Å². The lowest BCUT2D eigenvalue weighted by Crippen LogP contribution is -2.10. The average molecular weight is 524 g/mol. The number of nitrogens with one attached hydrogen (secondary N) is 1. The molecule has 13 heteroatoms. The number of carbonyl (C=O) groups is 1. The second-order valence-electron chi connectivity index (χ2n) is 6.64. The molecule has 32 heavy (non-hydrogen) atoms. The summed E-state index contributed by atoms with van der Waals surface area (Å²) in [5, 5.41) is 21.8. The topological polar surface area (TPSA) is 121 Å².